The lowest BCUT2D eigenvalue weighted by atomic mass is 10.5. The molecule has 0 aromatic rings. The Balaban J connectivity index is 3.94. The summed E-state index contributed by atoms with van der Waals surface area (Å²) in [6.07, 6.45) is 1.11. The van der Waals surface area contributed by atoms with Crippen LogP contribution in [-0.4, -0.2) is 19.5 Å². The van der Waals surface area contributed by atoms with Gasteiger partial charge in [-0.05, 0) is 19.8 Å². The number of rotatable bonds is 4. The quantitative estimate of drug-likeness (QED) is 0.360. The van der Waals surface area contributed by atoms with Gasteiger partial charge in [-0.2, -0.15) is 0 Å². The fourth-order valence-corrected chi connectivity index (χ4v) is 0.595. The Morgan fingerprint density at radius 1 is 1.33 bits per heavy atom. The van der Waals surface area contributed by atoms with Gasteiger partial charge in [-0.3, -0.25) is 0 Å². The predicted molar refractivity (Wildman–Crippen MR) is 48.5 cm³/mol. The highest BCUT2D eigenvalue weighted by molar-refractivity contribution is 5.15. The molecule has 0 radical (unpaired) electrons. The van der Waals surface area contributed by atoms with E-state index in [1.807, 2.05) is 13.8 Å². The van der Waals surface area contributed by atoms with Gasteiger partial charge in [0.2, 0.25) is 6.29 Å². The second-order valence-electron chi connectivity index (χ2n) is 1.88. The Hall–Kier alpha value is -1.00. The minimum absolute atomic E-state index is 0.426. The molecule has 0 aliphatic heterocycles. The van der Waals surface area contributed by atoms with E-state index in [2.05, 4.69) is 24.2 Å². The summed E-state index contributed by atoms with van der Waals surface area (Å²) in [5, 5.41) is 0. The molecule has 12 heavy (non-hydrogen) atoms. The predicted octanol–water partition coefficient (Wildman–Crippen LogP) is 1.73. The van der Waals surface area contributed by atoms with Crippen molar-refractivity contribution in [1.29, 1.82) is 0 Å². The SMILES string of the molecule is C=C=CC#CC(OCC)OCC. The Bertz CT molecular complexity index is 198. The Labute approximate surface area is 73.9 Å². The maximum absolute atomic E-state index is 5.16. The molecule has 0 aromatic heterocycles. The van der Waals surface area contributed by atoms with Gasteiger partial charge in [-0.15, -0.1) is 5.73 Å². The van der Waals surface area contributed by atoms with Gasteiger partial charge in [0.25, 0.3) is 0 Å². The summed E-state index contributed by atoms with van der Waals surface area (Å²) in [4.78, 5) is 0. The molecule has 0 aliphatic carbocycles. The molecule has 0 N–H and O–H groups in total. The number of hydrogen-bond acceptors (Lipinski definition) is 2. The topological polar surface area (TPSA) is 18.5 Å². The first-order chi connectivity index (χ1) is 5.85. The molecule has 66 valence electrons. The van der Waals surface area contributed by atoms with Crippen LogP contribution in [0.1, 0.15) is 13.8 Å². The molecule has 0 aliphatic rings. The molecule has 0 amide bonds. The van der Waals surface area contributed by atoms with Crippen LogP contribution in [0, 0.1) is 11.8 Å². The van der Waals surface area contributed by atoms with E-state index < -0.39 is 6.29 Å². The van der Waals surface area contributed by atoms with E-state index in [4.69, 9.17) is 9.47 Å². The van der Waals surface area contributed by atoms with E-state index in [9.17, 15) is 0 Å². The van der Waals surface area contributed by atoms with Gasteiger partial charge in [0.1, 0.15) is 0 Å². The normalized spacial score (nSPS) is 8.58. The number of allylic oxidation sites excluding steroid dienone is 1. The van der Waals surface area contributed by atoms with Crippen molar-refractivity contribution in [3.63, 3.8) is 0 Å². The Kier molecular flexibility index (Phi) is 7.42. The second-order valence-corrected chi connectivity index (χ2v) is 1.88. The minimum atomic E-state index is -0.426. The lowest BCUT2D eigenvalue weighted by Gasteiger charge is -2.09. The molecule has 0 atom stereocenters. The lowest BCUT2D eigenvalue weighted by molar-refractivity contribution is -0.0969. The number of hydrogen-bond donors (Lipinski definition) is 0. The highest BCUT2D eigenvalue weighted by Crippen LogP contribution is 1.92. The summed E-state index contributed by atoms with van der Waals surface area (Å²) in [7, 11) is 0. The maximum atomic E-state index is 5.16. The van der Waals surface area contributed by atoms with E-state index in [0.717, 1.165) is 0 Å². The molecule has 0 rings (SSSR count). The minimum Gasteiger partial charge on any atom is -0.342 e. The number of ether oxygens (including phenoxy) is 2. The zero-order valence-electron chi connectivity index (χ0n) is 7.59. The van der Waals surface area contributed by atoms with Gasteiger partial charge in [0.15, 0.2) is 0 Å². The van der Waals surface area contributed by atoms with Crippen molar-refractivity contribution in [2.75, 3.05) is 13.2 Å². The average molecular weight is 166 g/mol. The fraction of sp³-hybridized carbons (Fsp3) is 0.500. The monoisotopic (exact) mass is 166 g/mol. The molecule has 0 saturated carbocycles. The highest BCUT2D eigenvalue weighted by Gasteiger charge is 2.00. The molecule has 2 nitrogen and oxygen atoms in total. The summed E-state index contributed by atoms with van der Waals surface area (Å²) in [6, 6.07) is 0. The van der Waals surface area contributed by atoms with Crippen LogP contribution >= 0.6 is 0 Å². The molecule has 0 heterocycles. The van der Waals surface area contributed by atoms with E-state index in [0.29, 0.717) is 13.2 Å². The highest BCUT2D eigenvalue weighted by atomic mass is 16.7. The molecule has 0 unspecified atom stereocenters. The standard InChI is InChI=1S/C10H14O2/c1-4-7-8-9-10(11-5-2)12-6-3/h7,10H,1,5-6H2,2-3H3. The Morgan fingerprint density at radius 2 is 1.92 bits per heavy atom. The van der Waals surface area contributed by atoms with Crippen LogP contribution in [0.4, 0.5) is 0 Å². The Morgan fingerprint density at radius 3 is 2.33 bits per heavy atom. The summed E-state index contributed by atoms with van der Waals surface area (Å²) >= 11 is 0. The van der Waals surface area contributed by atoms with Crippen molar-refractivity contribution >= 4 is 0 Å². The molecule has 0 spiro atoms. The van der Waals surface area contributed by atoms with Crippen LogP contribution in [0.25, 0.3) is 0 Å². The molecule has 2 heteroatoms. The largest absolute Gasteiger partial charge is 0.342 e. The zero-order chi connectivity index (χ0) is 9.23. The van der Waals surface area contributed by atoms with Crippen molar-refractivity contribution in [3.8, 4) is 11.8 Å². The van der Waals surface area contributed by atoms with Gasteiger partial charge in [-0.1, -0.05) is 12.5 Å². The van der Waals surface area contributed by atoms with Crippen molar-refractivity contribution in [3.05, 3.63) is 18.4 Å². The summed E-state index contributed by atoms with van der Waals surface area (Å²) in [5.74, 6) is 5.48. The lowest BCUT2D eigenvalue weighted by Crippen LogP contribution is -2.14. The van der Waals surface area contributed by atoms with Crippen LogP contribution < -0.4 is 0 Å². The smallest absolute Gasteiger partial charge is 0.222 e. The third kappa shape index (κ3) is 5.76. The molecule has 0 saturated heterocycles. The summed E-state index contributed by atoms with van der Waals surface area (Å²) in [6.45, 7) is 8.37. The third-order valence-corrected chi connectivity index (χ3v) is 1.01. The van der Waals surface area contributed by atoms with Crippen LogP contribution in [0.5, 0.6) is 0 Å². The summed E-state index contributed by atoms with van der Waals surface area (Å²) < 4.78 is 10.3. The molecular formula is C10H14O2. The molecule has 0 bridgehead atoms. The first kappa shape index (κ1) is 11.0. The van der Waals surface area contributed by atoms with Crippen molar-refractivity contribution in [2.24, 2.45) is 0 Å². The van der Waals surface area contributed by atoms with E-state index in [1.54, 1.807) is 0 Å². The van der Waals surface area contributed by atoms with Crippen molar-refractivity contribution in [2.45, 2.75) is 20.1 Å². The first-order valence-corrected chi connectivity index (χ1v) is 3.93. The van der Waals surface area contributed by atoms with Crippen LogP contribution in [0.15, 0.2) is 18.4 Å². The van der Waals surface area contributed by atoms with Crippen LogP contribution in [0.2, 0.25) is 0 Å². The van der Waals surface area contributed by atoms with Crippen molar-refractivity contribution in [1.82, 2.24) is 0 Å². The van der Waals surface area contributed by atoms with Gasteiger partial charge < -0.3 is 9.47 Å². The van der Waals surface area contributed by atoms with E-state index in [1.165, 1.54) is 6.08 Å². The van der Waals surface area contributed by atoms with E-state index >= 15 is 0 Å². The fourth-order valence-electron chi connectivity index (χ4n) is 0.595. The van der Waals surface area contributed by atoms with Gasteiger partial charge >= 0.3 is 0 Å². The second kappa shape index (κ2) is 8.10. The van der Waals surface area contributed by atoms with Crippen LogP contribution in [0.3, 0.4) is 0 Å². The molecule has 0 aromatic carbocycles. The van der Waals surface area contributed by atoms with Gasteiger partial charge in [0, 0.05) is 19.3 Å². The zero-order valence-corrected chi connectivity index (χ0v) is 7.59. The third-order valence-electron chi connectivity index (χ3n) is 1.01. The summed E-state index contributed by atoms with van der Waals surface area (Å²) in [5.41, 5.74) is 2.55. The average Bonchev–Trinajstić information content (AvgIpc) is 2.06. The van der Waals surface area contributed by atoms with Crippen molar-refractivity contribution < 1.29 is 9.47 Å². The molecule has 0 fully saturated rings. The maximum Gasteiger partial charge on any atom is 0.222 e. The van der Waals surface area contributed by atoms with Gasteiger partial charge in [0.05, 0.1) is 0 Å². The molecular weight excluding hydrogens is 152 g/mol. The first-order valence-electron chi connectivity index (χ1n) is 3.93. The van der Waals surface area contributed by atoms with E-state index in [-0.39, 0.29) is 0 Å². The van der Waals surface area contributed by atoms with Crippen LogP contribution in [-0.2, 0) is 9.47 Å². The van der Waals surface area contributed by atoms with Gasteiger partial charge in [-0.25, -0.2) is 0 Å².